The Labute approximate surface area is 109 Å². The van der Waals surface area contributed by atoms with Crippen LogP contribution in [0.2, 0.25) is 0 Å². The molecule has 19 heavy (non-hydrogen) atoms. The lowest BCUT2D eigenvalue weighted by molar-refractivity contribution is -0.139. The Balaban J connectivity index is 2.62. The molecule has 1 aromatic heterocycles. The van der Waals surface area contributed by atoms with E-state index in [9.17, 15) is 9.59 Å². The van der Waals surface area contributed by atoms with Gasteiger partial charge in [0.2, 0.25) is 0 Å². The average molecular weight is 262 g/mol. The number of aliphatic carboxylic acids is 1. The fraction of sp³-hybridized carbons (Fsp3) is 0.286. The van der Waals surface area contributed by atoms with Crippen LogP contribution in [-0.4, -0.2) is 17.7 Å². The van der Waals surface area contributed by atoms with Gasteiger partial charge in [-0.1, -0.05) is 0 Å². The van der Waals surface area contributed by atoms with Gasteiger partial charge in [0, 0.05) is 16.5 Å². The second-order valence-corrected chi connectivity index (χ2v) is 4.39. The first-order chi connectivity index (χ1) is 8.91. The Morgan fingerprint density at radius 1 is 1.21 bits per heavy atom. The lowest BCUT2D eigenvalue weighted by Gasteiger charge is -2.11. The highest BCUT2D eigenvalue weighted by atomic mass is 16.5. The van der Waals surface area contributed by atoms with E-state index >= 15 is 0 Å². The van der Waals surface area contributed by atoms with Crippen molar-refractivity contribution in [2.75, 3.05) is 6.61 Å². The Bertz CT molecular complexity index is 712. The Morgan fingerprint density at radius 3 is 2.53 bits per heavy atom. The molecule has 1 aromatic carbocycles. The molecule has 0 amide bonds. The van der Waals surface area contributed by atoms with Crippen molar-refractivity contribution in [3.63, 3.8) is 0 Å². The number of hydrogen-bond donors (Lipinski definition) is 1. The molecule has 1 N–H and O–H groups in total. The number of fused-ring (bicyclic) bond motifs is 1. The molecule has 5 nitrogen and oxygen atoms in total. The van der Waals surface area contributed by atoms with E-state index in [0.717, 1.165) is 10.9 Å². The van der Waals surface area contributed by atoms with Crippen LogP contribution in [-0.2, 0) is 4.79 Å². The van der Waals surface area contributed by atoms with E-state index < -0.39 is 12.6 Å². The van der Waals surface area contributed by atoms with Gasteiger partial charge in [-0.15, -0.1) is 0 Å². The summed E-state index contributed by atoms with van der Waals surface area (Å²) in [5, 5.41) is 9.44. The first kappa shape index (κ1) is 13.1. The van der Waals surface area contributed by atoms with Crippen molar-refractivity contribution in [1.82, 2.24) is 0 Å². The fourth-order valence-electron chi connectivity index (χ4n) is 1.92. The van der Waals surface area contributed by atoms with Crippen LogP contribution >= 0.6 is 0 Å². The number of aryl methyl sites for hydroxylation is 2. The molecule has 0 aliphatic rings. The molecule has 0 saturated carbocycles. The summed E-state index contributed by atoms with van der Waals surface area (Å²) in [6.45, 7) is 4.87. The van der Waals surface area contributed by atoms with Crippen LogP contribution in [0.4, 0.5) is 0 Å². The summed E-state index contributed by atoms with van der Waals surface area (Å²) in [4.78, 5) is 22.2. The van der Waals surface area contributed by atoms with Crippen molar-refractivity contribution < 1.29 is 19.1 Å². The highest BCUT2D eigenvalue weighted by Gasteiger charge is 2.13. The molecule has 0 bridgehead atoms. The van der Waals surface area contributed by atoms with Crippen molar-refractivity contribution in [3.05, 3.63) is 39.2 Å². The number of hydrogen-bond acceptors (Lipinski definition) is 4. The molecule has 0 fully saturated rings. The van der Waals surface area contributed by atoms with Gasteiger partial charge in [0.1, 0.15) is 11.3 Å². The van der Waals surface area contributed by atoms with E-state index in [1.54, 1.807) is 26.0 Å². The predicted octanol–water partition coefficient (Wildman–Crippen LogP) is 2.18. The van der Waals surface area contributed by atoms with Gasteiger partial charge in [0.05, 0.1) is 0 Å². The smallest absolute Gasteiger partial charge is 0.341 e. The van der Waals surface area contributed by atoms with Crippen LogP contribution in [0, 0.1) is 20.8 Å². The minimum atomic E-state index is -1.05. The number of ether oxygens (including phenoxy) is 1. The van der Waals surface area contributed by atoms with Crippen LogP contribution < -0.4 is 10.4 Å². The highest BCUT2D eigenvalue weighted by molar-refractivity contribution is 5.85. The van der Waals surface area contributed by atoms with Crippen LogP contribution in [0.25, 0.3) is 11.0 Å². The van der Waals surface area contributed by atoms with Crippen molar-refractivity contribution in [2.45, 2.75) is 20.8 Å². The minimum Gasteiger partial charge on any atom is -0.481 e. The van der Waals surface area contributed by atoms with Gasteiger partial charge >= 0.3 is 11.6 Å². The van der Waals surface area contributed by atoms with Crippen molar-refractivity contribution >= 4 is 16.9 Å². The first-order valence-electron chi connectivity index (χ1n) is 5.80. The van der Waals surface area contributed by atoms with Crippen molar-refractivity contribution in [3.8, 4) is 5.75 Å². The summed E-state index contributed by atoms with van der Waals surface area (Å²) in [6, 6.07) is 3.46. The van der Waals surface area contributed by atoms with E-state index in [1.807, 2.05) is 6.92 Å². The predicted molar refractivity (Wildman–Crippen MR) is 69.8 cm³/mol. The average Bonchev–Trinajstić information content (AvgIpc) is 2.36. The summed E-state index contributed by atoms with van der Waals surface area (Å²) < 4.78 is 10.4. The largest absolute Gasteiger partial charge is 0.481 e. The van der Waals surface area contributed by atoms with Gasteiger partial charge in [-0.2, -0.15) is 0 Å². The number of carbonyl (C=O) groups is 1. The molecule has 0 aliphatic heterocycles. The van der Waals surface area contributed by atoms with Crippen LogP contribution in [0.15, 0.2) is 21.3 Å². The lowest BCUT2D eigenvalue weighted by atomic mass is 10.0. The molecule has 0 radical (unpaired) electrons. The van der Waals surface area contributed by atoms with Gasteiger partial charge in [0.15, 0.2) is 6.61 Å². The van der Waals surface area contributed by atoms with E-state index in [0.29, 0.717) is 22.5 Å². The number of carboxylic acid groups (broad SMARTS) is 1. The molecule has 0 unspecified atom stereocenters. The highest BCUT2D eigenvalue weighted by Crippen LogP contribution is 2.29. The van der Waals surface area contributed by atoms with Crippen LogP contribution in [0.5, 0.6) is 5.75 Å². The van der Waals surface area contributed by atoms with E-state index in [-0.39, 0.29) is 5.63 Å². The summed E-state index contributed by atoms with van der Waals surface area (Å²) in [5.41, 5.74) is 2.11. The van der Waals surface area contributed by atoms with Crippen molar-refractivity contribution in [2.24, 2.45) is 0 Å². The normalized spacial score (nSPS) is 10.7. The molecule has 100 valence electrons. The molecular weight excluding hydrogens is 248 g/mol. The van der Waals surface area contributed by atoms with Crippen molar-refractivity contribution in [1.29, 1.82) is 0 Å². The third kappa shape index (κ3) is 2.31. The van der Waals surface area contributed by atoms with Gasteiger partial charge in [-0.05, 0) is 38.5 Å². The number of rotatable bonds is 3. The summed E-state index contributed by atoms with van der Waals surface area (Å²) in [5.74, 6) is -0.651. The SMILES string of the molecule is Cc1c(C)c2ccc(OCC(=O)O)c(C)c2oc1=O. The molecule has 0 aliphatic carbocycles. The van der Waals surface area contributed by atoms with Crippen LogP contribution in [0.3, 0.4) is 0 Å². The molecular formula is C14H14O5. The molecule has 1 heterocycles. The monoisotopic (exact) mass is 262 g/mol. The summed E-state index contributed by atoms with van der Waals surface area (Å²) in [6.07, 6.45) is 0. The minimum absolute atomic E-state index is 0.386. The van der Waals surface area contributed by atoms with Gasteiger partial charge < -0.3 is 14.3 Å². The van der Waals surface area contributed by atoms with Gasteiger partial charge in [0.25, 0.3) is 0 Å². The molecule has 2 rings (SSSR count). The molecule has 5 heteroatoms. The maximum absolute atomic E-state index is 11.7. The molecule has 0 saturated heterocycles. The zero-order valence-electron chi connectivity index (χ0n) is 10.9. The van der Waals surface area contributed by atoms with E-state index in [1.165, 1.54) is 0 Å². The van der Waals surface area contributed by atoms with Gasteiger partial charge in [-0.3, -0.25) is 0 Å². The molecule has 0 spiro atoms. The number of carboxylic acids is 1. The third-order valence-electron chi connectivity index (χ3n) is 3.17. The maximum atomic E-state index is 11.7. The molecule has 2 aromatic rings. The first-order valence-corrected chi connectivity index (χ1v) is 5.80. The summed E-state index contributed by atoms with van der Waals surface area (Å²) in [7, 11) is 0. The fourth-order valence-corrected chi connectivity index (χ4v) is 1.92. The molecule has 0 atom stereocenters. The van der Waals surface area contributed by atoms with E-state index in [4.69, 9.17) is 14.3 Å². The number of benzene rings is 1. The standard InChI is InChI=1S/C14H14O5/c1-7-8(2)14(17)19-13-9(3)11(5-4-10(7)13)18-6-12(15)16/h4-5H,6H2,1-3H3,(H,15,16). The second kappa shape index (κ2) is 4.76. The second-order valence-electron chi connectivity index (χ2n) is 4.39. The maximum Gasteiger partial charge on any atom is 0.341 e. The van der Waals surface area contributed by atoms with E-state index in [2.05, 4.69) is 0 Å². The zero-order valence-corrected chi connectivity index (χ0v) is 10.9. The van der Waals surface area contributed by atoms with Crippen LogP contribution in [0.1, 0.15) is 16.7 Å². The third-order valence-corrected chi connectivity index (χ3v) is 3.17. The Kier molecular flexibility index (Phi) is 3.29. The zero-order chi connectivity index (χ0) is 14.2. The Morgan fingerprint density at radius 2 is 1.89 bits per heavy atom. The van der Waals surface area contributed by atoms with Gasteiger partial charge in [-0.25, -0.2) is 9.59 Å². The quantitative estimate of drug-likeness (QED) is 0.858. The topological polar surface area (TPSA) is 76.7 Å². The Hall–Kier alpha value is -2.30. The lowest BCUT2D eigenvalue weighted by Crippen LogP contribution is -2.11. The summed E-state index contributed by atoms with van der Waals surface area (Å²) >= 11 is 0.